The third kappa shape index (κ3) is 4.12. The largest absolute Gasteiger partial charge is 0.338 e. The van der Waals surface area contributed by atoms with Crippen molar-refractivity contribution in [3.8, 4) is 0 Å². The number of nitrogens with zero attached hydrogens (tertiary/aromatic N) is 2. The van der Waals surface area contributed by atoms with Crippen LogP contribution in [-0.2, 0) is 0 Å². The maximum absolute atomic E-state index is 6.00. The maximum Gasteiger partial charge on any atom is 0.156 e. The van der Waals surface area contributed by atoms with E-state index in [-0.39, 0.29) is 5.54 Å². The lowest BCUT2D eigenvalue weighted by Crippen LogP contribution is -2.23. The van der Waals surface area contributed by atoms with Gasteiger partial charge in [-0.05, 0) is 68.6 Å². The van der Waals surface area contributed by atoms with Gasteiger partial charge in [-0.15, -0.1) is 11.3 Å². The molecule has 0 amide bonds. The molecule has 0 spiro atoms. The van der Waals surface area contributed by atoms with Crippen molar-refractivity contribution >= 4 is 56.0 Å². The van der Waals surface area contributed by atoms with Gasteiger partial charge in [-0.3, -0.25) is 4.99 Å². The van der Waals surface area contributed by atoms with Crippen molar-refractivity contribution < 1.29 is 0 Å². The smallest absolute Gasteiger partial charge is 0.156 e. The van der Waals surface area contributed by atoms with Gasteiger partial charge in [0.05, 0.1) is 16.1 Å². The van der Waals surface area contributed by atoms with Gasteiger partial charge in [-0.1, -0.05) is 29.8 Å². The van der Waals surface area contributed by atoms with E-state index in [0.717, 1.165) is 27.8 Å². The number of halogens is 1. The predicted molar refractivity (Wildman–Crippen MR) is 119 cm³/mol. The lowest BCUT2D eigenvalue weighted by molar-refractivity contribution is 0.585. The Morgan fingerprint density at radius 2 is 1.78 bits per heavy atom. The zero-order valence-electron chi connectivity index (χ0n) is 15.5. The predicted octanol–water partition coefficient (Wildman–Crippen LogP) is 6.66. The highest BCUT2D eigenvalue weighted by molar-refractivity contribution is 7.20. The molecule has 1 N–H and O–H groups in total. The molecule has 3 nitrogen and oxygen atoms in total. The summed E-state index contributed by atoms with van der Waals surface area (Å²) in [5.41, 5.74) is 2.55. The van der Waals surface area contributed by atoms with E-state index < -0.39 is 0 Å². The van der Waals surface area contributed by atoms with E-state index >= 15 is 0 Å². The zero-order chi connectivity index (χ0) is 19.0. The van der Waals surface area contributed by atoms with Crippen LogP contribution in [0.5, 0.6) is 0 Å². The Hall–Kier alpha value is -2.43. The molecule has 1 aliphatic heterocycles. The van der Waals surface area contributed by atoms with Crippen molar-refractivity contribution in [3.05, 3.63) is 70.6 Å². The fourth-order valence-electron chi connectivity index (χ4n) is 2.85. The Morgan fingerprint density at radius 3 is 2.48 bits per heavy atom. The third-order valence-corrected chi connectivity index (χ3v) is 5.38. The van der Waals surface area contributed by atoms with E-state index in [1.54, 1.807) is 11.3 Å². The van der Waals surface area contributed by atoms with E-state index in [1.165, 1.54) is 10.1 Å². The second-order valence-corrected chi connectivity index (χ2v) is 8.96. The van der Waals surface area contributed by atoms with Crippen molar-refractivity contribution in [3.63, 3.8) is 0 Å². The van der Waals surface area contributed by atoms with Crippen molar-refractivity contribution in [2.24, 2.45) is 9.98 Å². The van der Waals surface area contributed by atoms with Crippen molar-refractivity contribution in [1.82, 2.24) is 0 Å². The second-order valence-electron chi connectivity index (χ2n) is 7.44. The lowest BCUT2D eigenvalue weighted by Gasteiger charge is -2.14. The van der Waals surface area contributed by atoms with Crippen LogP contribution in [0.2, 0.25) is 5.02 Å². The van der Waals surface area contributed by atoms with Crippen LogP contribution in [0.4, 0.5) is 5.69 Å². The molecule has 1 aliphatic rings. The van der Waals surface area contributed by atoms with Crippen LogP contribution in [0.1, 0.15) is 25.6 Å². The third-order valence-electron chi connectivity index (χ3n) is 3.99. The normalized spacial score (nSPS) is 15.9. The van der Waals surface area contributed by atoms with Crippen LogP contribution in [0.3, 0.4) is 0 Å². The number of fused-ring (bicyclic) bond motifs is 1. The second kappa shape index (κ2) is 6.95. The number of aliphatic imine (C=N–C) groups is 2. The van der Waals surface area contributed by atoms with E-state index in [9.17, 15) is 0 Å². The molecule has 0 saturated carbocycles. The van der Waals surface area contributed by atoms with E-state index in [0.29, 0.717) is 5.02 Å². The fraction of sp³-hybridized carbons (Fsp3) is 0.182. The average Bonchev–Trinajstić information content (AvgIpc) is 3.20. The molecule has 0 saturated heterocycles. The Morgan fingerprint density at radius 1 is 1.04 bits per heavy atom. The summed E-state index contributed by atoms with van der Waals surface area (Å²) in [5.74, 6) is 0.764. The van der Waals surface area contributed by atoms with Crippen LogP contribution in [-0.4, -0.2) is 17.1 Å². The lowest BCUT2D eigenvalue weighted by atomic mass is 10.1. The molecular weight excluding hydrogens is 374 g/mol. The minimum atomic E-state index is -0.191. The van der Waals surface area contributed by atoms with Gasteiger partial charge in [-0.2, -0.15) is 0 Å². The topological polar surface area (TPSA) is 36.8 Å². The van der Waals surface area contributed by atoms with Crippen LogP contribution in [0.15, 0.2) is 70.7 Å². The number of anilines is 1. The van der Waals surface area contributed by atoms with E-state index in [4.69, 9.17) is 21.6 Å². The summed E-state index contributed by atoms with van der Waals surface area (Å²) in [6.07, 6.45) is 2.06. The molecule has 0 unspecified atom stereocenters. The summed E-state index contributed by atoms with van der Waals surface area (Å²) in [6, 6.07) is 18.2. The molecule has 2 aromatic carbocycles. The van der Waals surface area contributed by atoms with Gasteiger partial charge in [0.1, 0.15) is 5.71 Å². The SMILES string of the molecule is CC(C)(C)N=C1C=C(c2cc3ccccc3s2)N=C1Nc1ccc(Cl)cc1. The quantitative estimate of drug-likeness (QED) is 0.519. The molecule has 0 fully saturated rings. The van der Waals surface area contributed by atoms with Gasteiger partial charge in [0.2, 0.25) is 0 Å². The van der Waals surface area contributed by atoms with Crippen molar-refractivity contribution in [2.45, 2.75) is 26.3 Å². The van der Waals surface area contributed by atoms with Crippen LogP contribution < -0.4 is 5.32 Å². The standard InChI is InChI=1S/C22H20ClN3S/c1-22(2,3)26-18-13-17(20-12-14-6-4-5-7-19(14)27-20)25-21(18)24-16-10-8-15(23)9-11-16/h4-13H,1-3H3,(H,24,25,26). The summed E-state index contributed by atoms with van der Waals surface area (Å²) in [5, 5.41) is 5.34. The molecule has 0 atom stereocenters. The highest BCUT2D eigenvalue weighted by atomic mass is 35.5. The Balaban J connectivity index is 1.72. The molecule has 2 heterocycles. The number of hydrogen-bond acceptors (Lipinski definition) is 4. The van der Waals surface area contributed by atoms with Gasteiger partial charge in [0.25, 0.3) is 0 Å². The summed E-state index contributed by atoms with van der Waals surface area (Å²) < 4.78 is 1.26. The Kier molecular flexibility index (Phi) is 4.62. The minimum absolute atomic E-state index is 0.191. The first-order valence-corrected chi connectivity index (χ1v) is 9.99. The molecule has 0 bridgehead atoms. The van der Waals surface area contributed by atoms with Crippen LogP contribution in [0, 0.1) is 0 Å². The van der Waals surface area contributed by atoms with Gasteiger partial charge in [-0.25, -0.2) is 4.99 Å². The van der Waals surface area contributed by atoms with Gasteiger partial charge >= 0.3 is 0 Å². The highest BCUT2D eigenvalue weighted by Crippen LogP contribution is 2.33. The van der Waals surface area contributed by atoms with E-state index in [2.05, 4.69) is 62.5 Å². The molecule has 27 heavy (non-hydrogen) atoms. The molecule has 136 valence electrons. The number of amidine groups is 1. The monoisotopic (exact) mass is 393 g/mol. The summed E-state index contributed by atoms with van der Waals surface area (Å²) >= 11 is 7.74. The average molecular weight is 394 g/mol. The first-order chi connectivity index (χ1) is 12.9. The zero-order valence-corrected chi connectivity index (χ0v) is 17.0. The molecule has 0 radical (unpaired) electrons. The fourth-order valence-corrected chi connectivity index (χ4v) is 4.00. The molecule has 3 aromatic rings. The molecular formula is C22H20ClN3S. The Bertz CT molecular complexity index is 1050. The molecule has 4 rings (SSSR count). The van der Waals surface area contributed by atoms with Crippen molar-refractivity contribution in [2.75, 3.05) is 5.32 Å². The van der Waals surface area contributed by atoms with Crippen LogP contribution >= 0.6 is 22.9 Å². The van der Waals surface area contributed by atoms with Gasteiger partial charge in [0, 0.05) is 15.4 Å². The summed E-state index contributed by atoms with van der Waals surface area (Å²) in [7, 11) is 0. The number of nitrogens with one attached hydrogen (secondary N) is 1. The minimum Gasteiger partial charge on any atom is -0.338 e. The maximum atomic E-state index is 6.00. The number of rotatable bonds is 2. The van der Waals surface area contributed by atoms with E-state index in [1.807, 2.05) is 24.3 Å². The number of thiophene rings is 1. The van der Waals surface area contributed by atoms with Crippen molar-refractivity contribution in [1.29, 1.82) is 0 Å². The molecule has 5 heteroatoms. The van der Waals surface area contributed by atoms with Gasteiger partial charge < -0.3 is 5.32 Å². The van der Waals surface area contributed by atoms with Gasteiger partial charge in [0.15, 0.2) is 5.84 Å². The first-order valence-electron chi connectivity index (χ1n) is 8.80. The molecule has 0 aliphatic carbocycles. The number of hydrogen-bond donors (Lipinski definition) is 1. The van der Waals surface area contributed by atoms with Crippen LogP contribution in [0.25, 0.3) is 15.8 Å². The summed E-state index contributed by atoms with van der Waals surface area (Å²) in [6.45, 7) is 6.27. The Labute approximate surface area is 168 Å². The highest BCUT2D eigenvalue weighted by Gasteiger charge is 2.21. The first kappa shape index (κ1) is 18.0. The summed E-state index contributed by atoms with van der Waals surface area (Å²) in [4.78, 5) is 10.9. The number of benzene rings is 2. The molecule has 1 aromatic heterocycles.